The summed E-state index contributed by atoms with van der Waals surface area (Å²) in [6.45, 7) is 5.02. The standard InChI is InChI=1S/C17H23N3O5S/c1-17(2,3)25-16(23)19-12(14(22)24-4)10-18-15(26)20-13(21)11-8-6-5-7-9-11/h5-9,12H,10H2,1-4H3,(H,19,23)(H2,18,20,21,26)/t12-/m0/s1. The molecule has 0 aromatic heterocycles. The third kappa shape index (κ3) is 7.93. The maximum atomic E-state index is 12.0. The molecule has 142 valence electrons. The second-order valence-corrected chi connectivity index (χ2v) is 6.66. The molecular formula is C17H23N3O5S. The number of ether oxygens (including phenoxy) is 2. The molecule has 9 heteroatoms. The number of nitrogens with one attached hydrogen (secondary N) is 3. The normalized spacial score (nSPS) is 11.7. The molecule has 0 bridgehead atoms. The molecule has 0 saturated carbocycles. The van der Waals surface area contributed by atoms with Gasteiger partial charge in [0.15, 0.2) is 5.11 Å². The number of hydrogen-bond acceptors (Lipinski definition) is 6. The van der Waals surface area contributed by atoms with Crippen molar-refractivity contribution in [2.75, 3.05) is 13.7 Å². The maximum absolute atomic E-state index is 12.0. The molecule has 0 aliphatic carbocycles. The molecule has 26 heavy (non-hydrogen) atoms. The van der Waals surface area contributed by atoms with Gasteiger partial charge in [0.05, 0.1) is 7.11 Å². The molecular weight excluding hydrogens is 358 g/mol. The Morgan fingerprint density at radius 3 is 2.31 bits per heavy atom. The van der Waals surface area contributed by atoms with Crippen LogP contribution in [-0.2, 0) is 14.3 Å². The second-order valence-electron chi connectivity index (χ2n) is 6.25. The maximum Gasteiger partial charge on any atom is 0.408 e. The minimum Gasteiger partial charge on any atom is -0.467 e. The molecule has 0 spiro atoms. The number of amides is 2. The molecule has 0 aliphatic heterocycles. The lowest BCUT2D eigenvalue weighted by atomic mass is 10.2. The van der Waals surface area contributed by atoms with E-state index < -0.39 is 29.6 Å². The van der Waals surface area contributed by atoms with Gasteiger partial charge in [0.1, 0.15) is 11.6 Å². The number of rotatable bonds is 5. The highest BCUT2D eigenvalue weighted by molar-refractivity contribution is 7.80. The average molecular weight is 381 g/mol. The van der Waals surface area contributed by atoms with E-state index in [0.29, 0.717) is 5.56 Å². The Morgan fingerprint density at radius 2 is 1.77 bits per heavy atom. The fourth-order valence-corrected chi connectivity index (χ4v) is 1.97. The summed E-state index contributed by atoms with van der Waals surface area (Å²) in [7, 11) is 1.20. The average Bonchev–Trinajstić information content (AvgIpc) is 2.57. The number of hydrogen-bond donors (Lipinski definition) is 3. The lowest BCUT2D eigenvalue weighted by Gasteiger charge is -2.23. The van der Waals surface area contributed by atoms with Gasteiger partial charge in [-0.3, -0.25) is 10.1 Å². The van der Waals surface area contributed by atoms with E-state index in [1.54, 1.807) is 51.1 Å². The molecule has 1 rings (SSSR count). The van der Waals surface area contributed by atoms with Gasteiger partial charge in [-0.2, -0.15) is 0 Å². The van der Waals surface area contributed by atoms with E-state index in [1.165, 1.54) is 7.11 Å². The molecule has 2 amide bonds. The van der Waals surface area contributed by atoms with Crippen LogP contribution < -0.4 is 16.0 Å². The first-order chi connectivity index (χ1) is 12.1. The molecule has 1 atom stereocenters. The Balaban J connectivity index is 2.57. The largest absolute Gasteiger partial charge is 0.467 e. The van der Waals surface area contributed by atoms with Gasteiger partial charge in [-0.15, -0.1) is 0 Å². The predicted molar refractivity (Wildman–Crippen MR) is 99.7 cm³/mol. The highest BCUT2D eigenvalue weighted by atomic mass is 32.1. The van der Waals surface area contributed by atoms with E-state index in [1.807, 2.05) is 0 Å². The van der Waals surface area contributed by atoms with E-state index in [0.717, 1.165) is 0 Å². The van der Waals surface area contributed by atoms with Gasteiger partial charge in [0.25, 0.3) is 5.91 Å². The monoisotopic (exact) mass is 381 g/mol. The van der Waals surface area contributed by atoms with E-state index >= 15 is 0 Å². The van der Waals surface area contributed by atoms with Crippen molar-refractivity contribution in [2.24, 2.45) is 0 Å². The summed E-state index contributed by atoms with van der Waals surface area (Å²) in [5, 5.41) is 7.59. The van der Waals surface area contributed by atoms with Crippen molar-refractivity contribution < 1.29 is 23.9 Å². The molecule has 0 unspecified atom stereocenters. The summed E-state index contributed by atoms with van der Waals surface area (Å²) in [6.07, 6.45) is -0.770. The van der Waals surface area contributed by atoms with Crippen molar-refractivity contribution in [2.45, 2.75) is 32.4 Å². The highest BCUT2D eigenvalue weighted by Crippen LogP contribution is 2.06. The molecule has 1 aromatic carbocycles. The zero-order chi connectivity index (χ0) is 19.7. The molecule has 0 radical (unpaired) electrons. The number of carbonyl (C=O) groups excluding carboxylic acids is 3. The number of benzene rings is 1. The quantitative estimate of drug-likeness (QED) is 0.522. The molecule has 3 N–H and O–H groups in total. The number of alkyl carbamates (subject to hydrolysis) is 1. The molecule has 8 nitrogen and oxygen atoms in total. The molecule has 0 fully saturated rings. The lowest BCUT2D eigenvalue weighted by Crippen LogP contribution is -2.52. The lowest BCUT2D eigenvalue weighted by molar-refractivity contribution is -0.142. The number of esters is 1. The van der Waals surface area contributed by atoms with Crippen LogP contribution in [0.25, 0.3) is 0 Å². The minimum atomic E-state index is -1.04. The highest BCUT2D eigenvalue weighted by Gasteiger charge is 2.25. The Bertz CT molecular complexity index is 658. The van der Waals surface area contributed by atoms with Crippen LogP contribution in [0.15, 0.2) is 30.3 Å². The smallest absolute Gasteiger partial charge is 0.408 e. The predicted octanol–water partition coefficient (Wildman–Crippen LogP) is 1.36. The van der Waals surface area contributed by atoms with Crippen molar-refractivity contribution in [1.82, 2.24) is 16.0 Å². The van der Waals surface area contributed by atoms with Crippen LogP contribution in [0.5, 0.6) is 0 Å². The second kappa shape index (κ2) is 9.71. The zero-order valence-corrected chi connectivity index (χ0v) is 15.9. The van der Waals surface area contributed by atoms with Gasteiger partial charge in [0, 0.05) is 12.1 Å². The number of carbonyl (C=O) groups is 3. The van der Waals surface area contributed by atoms with Crippen LogP contribution in [0.1, 0.15) is 31.1 Å². The third-order valence-electron chi connectivity index (χ3n) is 2.91. The Morgan fingerprint density at radius 1 is 1.15 bits per heavy atom. The molecule has 0 aliphatic rings. The summed E-state index contributed by atoms with van der Waals surface area (Å²) >= 11 is 5.03. The summed E-state index contributed by atoms with van der Waals surface area (Å²) in [5.41, 5.74) is -0.273. The van der Waals surface area contributed by atoms with Crippen LogP contribution in [0.4, 0.5) is 4.79 Å². The zero-order valence-electron chi connectivity index (χ0n) is 15.1. The van der Waals surface area contributed by atoms with Gasteiger partial charge in [-0.25, -0.2) is 9.59 Å². The summed E-state index contributed by atoms with van der Waals surface area (Å²) in [4.78, 5) is 35.6. The number of methoxy groups -OCH3 is 1. The van der Waals surface area contributed by atoms with Gasteiger partial charge in [-0.1, -0.05) is 18.2 Å². The fraction of sp³-hybridized carbons (Fsp3) is 0.412. The third-order valence-corrected chi connectivity index (χ3v) is 3.15. The Labute approximate surface area is 157 Å². The number of thiocarbonyl (C=S) groups is 1. The van der Waals surface area contributed by atoms with Gasteiger partial charge in [-0.05, 0) is 45.1 Å². The fourth-order valence-electron chi connectivity index (χ4n) is 1.79. The topological polar surface area (TPSA) is 106 Å². The van der Waals surface area contributed by atoms with Crippen molar-refractivity contribution in [3.05, 3.63) is 35.9 Å². The summed E-state index contributed by atoms with van der Waals surface area (Å²) in [6, 6.07) is 7.48. The summed E-state index contributed by atoms with van der Waals surface area (Å²) < 4.78 is 9.75. The van der Waals surface area contributed by atoms with Crippen LogP contribution >= 0.6 is 12.2 Å². The Hall–Kier alpha value is -2.68. The summed E-state index contributed by atoms with van der Waals surface area (Å²) in [5.74, 6) is -1.07. The molecule has 0 heterocycles. The van der Waals surface area contributed by atoms with Gasteiger partial charge >= 0.3 is 12.1 Å². The van der Waals surface area contributed by atoms with Crippen molar-refractivity contribution >= 4 is 35.3 Å². The molecule has 1 aromatic rings. The van der Waals surface area contributed by atoms with Crippen LogP contribution in [0.2, 0.25) is 0 Å². The van der Waals surface area contributed by atoms with E-state index in [-0.39, 0.29) is 11.7 Å². The minimum absolute atomic E-state index is 0.0127. The van der Waals surface area contributed by atoms with Crippen molar-refractivity contribution in [3.63, 3.8) is 0 Å². The van der Waals surface area contributed by atoms with Crippen molar-refractivity contribution in [3.8, 4) is 0 Å². The first-order valence-electron chi connectivity index (χ1n) is 7.84. The molecule has 0 saturated heterocycles. The van der Waals surface area contributed by atoms with Gasteiger partial charge < -0.3 is 20.1 Å². The van der Waals surface area contributed by atoms with Crippen molar-refractivity contribution in [1.29, 1.82) is 0 Å². The SMILES string of the molecule is COC(=O)[C@H](CNC(=S)NC(=O)c1ccccc1)NC(=O)OC(C)(C)C. The van der Waals surface area contributed by atoms with Crippen LogP contribution in [-0.4, -0.2) is 48.4 Å². The van der Waals surface area contributed by atoms with E-state index in [4.69, 9.17) is 17.0 Å². The Kier molecular flexibility index (Phi) is 7.98. The van der Waals surface area contributed by atoms with Gasteiger partial charge in [0.2, 0.25) is 0 Å². The van der Waals surface area contributed by atoms with E-state index in [9.17, 15) is 14.4 Å². The first kappa shape index (κ1) is 21.4. The van der Waals surface area contributed by atoms with Crippen LogP contribution in [0, 0.1) is 0 Å². The first-order valence-corrected chi connectivity index (χ1v) is 8.25. The van der Waals surface area contributed by atoms with Crippen LogP contribution in [0.3, 0.4) is 0 Å². The van der Waals surface area contributed by atoms with E-state index in [2.05, 4.69) is 20.7 Å².